The Labute approximate surface area is 117 Å². The minimum atomic E-state index is 0.507. The van der Waals surface area contributed by atoms with E-state index in [1.807, 2.05) is 18.2 Å². The number of benzene rings is 1. The molecule has 0 fully saturated rings. The summed E-state index contributed by atoms with van der Waals surface area (Å²) in [5.74, 6) is 1.46. The molecule has 0 aliphatic rings. The number of hydrogen-bond donors (Lipinski definition) is 1. The first-order valence-corrected chi connectivity index (χ1v) is 6.99. The summed E-state index contributed by atoms with van der Waals surface area (Å²) >= 11 is 9.28. The molecule has 0 bridgehead atoms. The molecule has 2 nitrogen and oxygen atoms in total. The zero-order chi connectivity index (χ0) is 12.8. The van der Waals surface area contributed by atoms with Gasteiger partial charge in [0.25, 0.3) is 0 Å². The third-order valence-electron chi connectivity index (χ3n) is 2.72. The van der Waals surface area contributed by atoms with Crippen LogP contribution in [0.2, 0.25) is 5.02 Å². The molecule has 1 aromatic rings. The Morgan fingerprint density at radius 2 is 2.06 bits per heavy atom. The Balaban J connectivity index is 2.31. The van der Waals surface area contributed by atoms with Crippen LogP contribution in [0.4, 0.5) is 0 Å². The first-order chi connectivity index (χ1) is 8.00. The van der Waals surface area contributed by atoms with Crippen molar-refractivity contribution >= 4 is 27.5 Å². The van der Waals surface area contributed by atoms with Gasteiger partial charge in [-0.3, -0.25) is 0 Å². The molecular formula is C13H19BrClNO. The molecule has 96 valence electrons. The molecule has 1 unspecified atom stereocenters. The standard InChI is InChI=1S/C13H19BrClNO/c1-9(2)10(3)16-6-7-17-13-5-4-11(15)8-12(13)14/h4-5,8-10,16H,6-7H2,1-3H3. The van der Waals surface area contributed by atoms with Crippen molar-refractivity contribution in [2.45, 2.75) is 26.8 Å². The van der Waals surface area contributed by atoms with Crippen molar-refractivity contribution in [3.05, 3.63) is 27.7 Å². The summed E-state index contributed by atoms with van der Waals surface area (Å²) in [5, 5.41) is 4.12. The molecule has 0 aliphatic heterocycles. The summed E-state index contributed by atoms with van der Waals surface area (Å²) in [6, 6.07) is 6.04. The molecule has 0 radical (unpaired) electrons. The molecule has 17 heavy (non-hydrogen) atoms. The molecule has 1 N–H and O–H groups in total. The van der Waals surface area contributed by atoms with Crippen molar-refractivity contribution < 1.29 is 4.74 Å². The molecule has 1 aromatic carbocycles. The average molecular weight is 321 g/mol. The maximum absolute atomic E-state index is 5.86. The van der Waals surface area contributed by atoms with Crippen molar-refractivity contribution in [2.75, 3.05) is 13.2 Å². The van der Waals surface area contributed by atoms with Crippen molar-refractivity contribution in [2.24, 2.45) is 5.92 Å². The van der Waals surface area contributed by atoms with E-state index in [1.54, 1.807) is 0 Å². The molecule has 0 spiro atoms. The topological polar surface area (TPSA) is 21.3 Å². The Hall–Kier alpha value is -0.250. The van der Waals surface area contributed by atoms with Crippen LogP contribution >= 0.6 is 27.5 Å². The van der Waals surface area contributed by atoms with E-state index in [1.165, 1.54) is 0 Å². The van der Waals surface area contributed by atoms with Gasteiger partial charge < -0.3 is 10.1 Å². The maximum atomic E-state index is 5.86. The van der Waals surface area contributed by atoms with E-state index in [0.29, 0.717) is 23.6 Å². The van der Waals surface area contributed by atoms with Gasteiger partial charge in [0.15, 0.2) is 0 Å². The maximum Gasteiger partial charge on any atom is 0.133 e. The minimum absolute atomic E-state index is 0.507. The Bertz CT molecular complexity index is 357. The predicted molar refractivity (Wildman–Crippen MR) is 76.9 cm³/mol. The molecule has 4 heteroatoms. The third-order valence-corrected chi connectivity index (χ3v) is 3.57. The van der Waals surface area contributed by atoms with E-state index in [0.717, 1.165) is 16.8 Å². The lowest BCUT2D eigenvalue weighted by Crippen LogP contribution is -2.33. The highest BCUT2D eigenvalue weighted by atomic mass is 79.9. The van der Waals surface area contributed by atoms with E-state index in [4.69, 9.17) is 16.3 Å². The molecule has 0 aliphatic carbocycles. The zero-order valence-corrected chi connectivity index (χ0v) is 12.8. The summed E-state index contributed by atoms with van der Waals surface area (Å²) < 4.78 is 6.54. The Morgan fingerprint density at radius 3 is 2.65 bits per heavy atom. The Kier molecular flexibility index (Phi) is 6.31. The van der Waals surface area contributed by atoms with Crippen molar-refractivity contribution in [1.82, 2.24) is 5.32 Å². The van der Waals surface area contributed by atoms with Gasteiger partial charge in [0.05, 0.1) is 4.47 Å². The highest BCUT2D eigenvalue weighted by Crippen LogP contribution is 2.27. The van der Waals surface area contributed by atoms with Crippen LogP contribution in [0.25, 0.3) is 0 Å². The number of nitrogens with one attached hydrogen (secondary N) is 1. The van der Waals surface area contributed by atoms with Crippen LogP contribution in [0.3, 0.4) is 0 Å². The van der Waals surface area contributed by atoms with E-state index >= 15 is 0 Å². The molecule has 0 aromatic heterocycles. The van der Waals surface area contributed by atoms with Gasteiger partial charge in [0.1, 0.15) is 12.4 Å². The fourth-order valence-electron chi connectivity index (χ4n) is 1.28. The van der Waals surface area contributed by atoms with Crippen molar-refractivity contribution in [3.8, 4) is 5.75 Å². The smallest absolute Gasteiger partial charge is 0.133 e. The van der Waals surface area contributed by atoms with Crippen LogP contribution in [0.15, 0.2) is 22.7 Å². The van der Waals surface area contributed by atoms with E-state index in [9.17, 15) is 0 Å². The van der Waals surface area contributed by atoms with Gasteiger partial charge in [-0.25, -0.2) is 0 Å². The molecular weight excluding hydrogens is 302 g/mol. The first-order valence-electron chi connectivity index (χ1n) is 5.82. The second-order valence-corrected chi connectivity index (χ2v) is 5.70. The van der Waals surface area contributed by atoms with Gasteiger partial charge in [-0.2, -0.15) is 0 Å². The first kappa shape index (κ1) is 14.8. The molecule has 1 rings (SSSR count). The highest BCUT2D eigenvalue weighted by Gasteiger charge is 2.06. The van der Waals surface area contributed by atoms with Gasteiger partial charge in [-0.05, 0) is 47.0 Å². The molecule has 1 atom stereocenters. The van der Waals surface area contributed by atoms with E-state index in [-0.39, 0.29) is 0 Å². The van der Waals surface area contributed by atoms with Crippen molar-refractivity contribution in [1.29, 1.82) is 0 Å². The van der Waals surface area contributed by atoms with Crippen LogP contribution in [-0.4, -0.2) is 19.2 Å². The summed E-state index contributed by atoms with van der Waals surface area (Å²) in [6.45, 7) is 8.08. The normalized spacial score (nSPS) is 12.8. The number of ether oxygens (including phenoxy) is 1. The quantitative estimate of drug-likeness (QED) is 0.796. The lowest BCUT2D eigenvalue weighted by Gasteiger charge is -2.17. The lowest BCUT2D eigenvalue weighted by molar-refractivity contribution is 0.295. The van der Waals surface area contributed by atoms with Crippen LogP contribution in [-0.2, 0) is 0 Å². The van der Waals surface area contributed by atoms with Crippen LogP contribution in [0, 0.1) is 5.92 Å². The molecule has 0 saturated carbocycles. The number of rotatable bonds is 6. The van der Waals surface area contributed by atoms with Gasteiger partial charge in [0.2, 0.25) is 0 Å². The monoisotopic (exact) mass is 319 g/mol. The SMILES string of the molecule is CC(C)C(C)NCCOc1ccc(Cl)cc1Br. The summed E-state index contributed by atoms with van der Waals surface area (Å²) in [6.07, 6.45) is 0. The Morgan fingerprint density at radius 1 is 1.35 bits per heavy atom. The summed E-state index contributed by atoms with van der Waals surface area (Å²) in [5.41, 5.74) is 0. The zero-order valence-electron chi connectivity index (χ0n) is 10.5. The fraction of sp³-hybridized carbons (Fsp3) is 0.538. The molecule has 0 heterocycles. The van der Waals surface area contributed by atoms with Crippen molar-refractivity contribution in [3.63, 3.8) is 0 Å². The molecule has 0 amide bonds. The minimum Gasteiger partial charge on any atom is -0.491 e. The van der Waals surface area contributed by atoms with E-state index < -0.39 is 0 Å². The predicted octanol–water partition coefficient (Wildman–Crippen LogP) is 4.12. The second kappa shape index (κ2) is 7.24. The largest absolute Gasteiger partial charge is 0.491 e. The van der Waals surface area contributed by atoms with Gasteiger partial charge in [0, 0.05) is 17.6 Å². The number of halogens is 2. The third kappa shape index (κ3) is 5.28. The van der Waals surface area contributed by atoms with Gasteiger partial charge in [-0.1, -0.05) is 25.4 Å². The fourth-order valence-corrected chi connectivity index (χ4v) is 2.07. The molecule has 0 saturated heterocycles. The second-order valence-electron chi connectivity index (χ2n) is 4.41. The average Bonchev–Trinajstić information content (AvgIpc) is 2.26. The summed E-state index contributed by atoms with van der Waals surface area (Å²) in [4.78, 5) is 0. The van der Waals surface area contributed by atoms with Crippen LogP contribution in [0.1, 0.15) is 20.8 Å². The number of hydrogen-bond acceptors (Lipinski definition) is 2. The van der Waals surface area contributed by atoms with E-state index in [2.05, 4.69) is 42.0 Å². The lowest BCUT2D eigenvalue weighted by atomic mass is 10.1. The van der Waals surface area contributed by atoms with Crippen LogP contribution in [0.5, 0.6) is 5.75 Å². The van der Waals surface area contributed by atoms with Gasteiger partial charge in [-0.15, -0.1) is 0 Å². The highest BCUT2D eigenvalue weighted by molar-refractivity contribution is 9.10. The van der Waals surface area contributed by atoms with Gasteiger partial charge >= 0.3 is 0 Å². The van der Waals surface area contributed by atoms with Crippen LogP contribution < -0.4 is 10.1 Å². The summed E-state index contributed by atoms with van der Waals surface area (Å²) in [7, 11) is 0.